The molecule has 0 unspecified atom stereocenters. The van der Waals surface area contributed by atoms with Crippen molar-refractivity contribution in [2.75, 3.05) is 19.0 Å². The average molecular weight is 281 g/mol. The van der Waals surface area contributed by atoms with Crippen molar-refractivity contribution in [1.29, 1.82) is 0 Å². The first-order valence-electron chi connectivity index (χ1n) is 6.48. The molecule has 7 heteroatoms. The lowest BCUT2D eigenvalue weighted by molar-refractivity contribution is 0.000136. The standard InChI is InChI=1S/C13H19N3O4/c1-14-10-5-7(2-3-15-10)13(20)16-9-4-8(6-17)11(18)12(9)19/h2-3,5,8-9,11-12,17-19H,4,6H2,1H3,(H,14,15)(H,16,20)/t8-,9-,11-,12+/m1/s1. The maximum Gasteiger partial charge on any atom is 0.251 e. The number of anilines is 1. The number of nitrogens with one attached hydrogen (secondary N) is 2. The summed E-state index contributed by atoms with van der Waals surface area (Å²) < 4.78 is 0. The molecule has 0 saturated heterocycles. The summed E-state index contributed by atoms with van der Waals surface area (Å²) in [6, 6.07) is 2.59. The second-order valence-electron chi connectivity index (χ2n) is 4.92. The van der Waals surface area contributed by atoms with Gasteiger partial charge in [0.2, 0.25) is 0 Å². The van der Waals surface area contributed by atoms with E-state index in [1.807, 2.05) is 0 Å². The molecule has 1 aliphatic rings. The van der Waals surface area contributed by atoms with E-state index in [0.717, 1.165) is 0 Å². The lowest BCUT2D eigenvalue weighted by Gasteiger charge is -2.18. The predicted molar refractivity (Wildman–Crippen MR) is 72.2 cm³/mol. The topological polar surface area (TPSA) is 115 Å². The number of aromatic nitrogens is 1. The number of pyridine rings is 1. The molecule has 1 fully saturated rings. The van der Waals surface area contributed by atoms with E-state index in [2.05, 4.69) is 15.6 Å². The van der Waals surface area contributed by atoms with Crippen LogP contribution in [-0.2, 0) is 0 Å². The van der Waals surface area contributed by atoms with E-state index in [9.17, 15) is 15.0 Å². The van der Waals surface area contributed by atoms with Gasteiger partial charge in [-0.15, -0.1) is 0 Å². The van der Waals surface area contributed by atoms with E-state index >= 15 is 0 Å². The number of hydrogen-bond donors (Lipinski definition) is 5. The molecule has 110 valence electrons. The average Bonchev–Trinajstić information content (AvgIpc) is 2.75. The highest BCUT2D eigenvalue weighted by molar-refractivity contribution is 5.95. The van der Waals surface area contributed by atoms with Crippen LogP contribution in [0.25, 0.3) is 0 Å². The molecule has 7 nitrogen and oxygen atoms in total. The van der Waals surface area contributed by atoms with Gasteiger partial charge in [-0.3, -0.25) is 4.79 Å². The number of amides is 1. The highest BCUT2D eigenvalue weighted by Crippen LogP contribution is 2.26. The molecule has 1 heterocycles. The molecule has 0 spiro atoms. The fourth-order valence-corrected chi connectivity index (χ4v) is 2.41. The van der Waals surface area contributed by atoms with Gasteiger partial charge in [0.15, 0.2) is 0 Å². The van der Waals surface area contributed by atoms with Crippen molar-refractivity contribution >= 4 is 11.7 Å². The Morgan fingerprint density at radius 1 is 1.45 bits per heavy atom. The van der Waals surface area contributed by atoms with Crippen molar-refractivity contribution in [2.45, 2.75) is 24.7 Å². The van der Waals surface area contributed by atoms with Crippen LogP contribution in [0.3, 0.4) is 0 Å². The van der Waals surface area contributed by atoms with Gasteiger partial charge in [0, 0.05) is 31.3 Å². The number of hydrogen-bond acceptors (Lipinski definition) is 6. The Morgan fingerprint density at radius 3 is 2.80 bits per heavy atom. The Morgan fingerprint density at radius 2 is 2.20 bits per heavy atom. The summed E-state index contributed by atoms with van der Waals surface area (Å²) in [5.74, 6) is -0.197. The summed E-state index contributed by atoms with van der Waals surface area (Å²) in [7, 11) is 1.70. The number of aliphatic hydroxyl groups excluding tert-OH is 3. The lowest BCUT2D eigenvalue weighted by atomic mass is 10.1. The molecule has 1 aromatic heterocycles. The molecule has 1 saturated carbocycles. The highest BCUT2D eigenvalue weighted by atomic mass is 16.3. The summed E-state index contributed by atoms with van der Waals surface area (Å²) in [6.45, 7) is -0.218. The molecule has 4 atom stereocenters. The Hall–Kier alpha value is -1.70. The van der Waals surface area contributed by atoms with Crippen molar-refractivity contribution < 1.29 is 20.1 Å². The quantitative estimate of drug-likeness (QED) is 0.481. The molecule has 2 rings (SSSR count). The van der Waals surface area contributed by atoms with Crippen LogP contribution in [-0.4, -0.2) is 58.1 Å². The van der Waals surface area contributed by atoms with E-state index < -0.39 is 24.2 Å². The Kier molecular flexibility index (Phi) is 4.53. The number of aliphatic hydroxyl groups is 3. The first-order chi connectivity index (χ1) is 9.56. The number of carbonyl (C=O) groups is 1. The molecule has 1 aliphatic carbocycles. The van der Waals surface area contributed by atoms with Gasteiger partial charge < -0.3 is 26.0 Å². The lowest BCUT2D eigenvalue weighted by Crippen LogP contribution is -2.43. The SMILES string of the molecule is CNc1cc(C(=O)N[C@@H]2C[C@H](CO)[C@@H](O)[C@H]2O)ccn1. The van der Waals surface area contributed by atoms with Crippen LogP contribution < -0.4 is 10.6 Å². The second-order valence-corrected chi connectivity index (χ2v) is 4.92. The van der Waals surface area contributed by atoms with Gasteiger partial charge in [-0.2, -0.15) is 0 Å². The van der Waals surface area contributed by atoms with Gasteiger partial charge in [-0.25, -0.2) is 4.98 Å². The molecular formula is C13H19N3O4. The monoisotopic (exact) mass is 281 g/mol. The maximum atomic E-state index is 12.1. The summed E-state index contributed by atoms with van der Waals surface area (Å²) in [5, 5.41) is 34.2. The number of carbonyl (C=O) groups excluding carboxylic acids is 1. The Bertz CT molecular complexity index is 482. The van der Waals surface area contributed by atoms with Gasteiger partial charge in [0.05, 0.1) is 12.1 Å². The summed E-state index contributed by atoms with van der Waals surface area (Å²) in [4.78, 5) is 16.1. The fourth-order valence-electron chi connectivity index (χ4n) is 2.41. The minimum atomic E-state index is -1.07. The molecule has 20 heavy (non-hydrogen) atoms. The third-order valence-electron chi connectivity index (χ3n) is 3.63. The molecule has 0 aromatic carbocycles. The number of nitrogens with zero attached hydrogens (tertiary/aromatic N) is 1. The van der Waals surface area contributed by atoms with E-state index in [0.29, 0.717) is 17.8 Å². The summed E-state index contributed by atoms with van der Waals surface area (Å²) >= 11 is 0. The van der Waals surface area contributed by atoms with Gasteiger partial charge in [-0.05, 0) is 18.6 Å². The Balaban J connectivity index is 2.04. The van der Waals surface area contributed by atoms with Crippen LogP contribution in [0.15, 0.2) is 18.3 Å². The third-order valence-corrected chi connectivity index (χ3v) is 3.63. The molecule has 0 aliphatic heterocycles. The minimum Gasteiger partial charge on any atom is -0.396 e. The first-order valence-corrected chi connectivity index (χ1v) is 6.48. The molecule has 1 aromatic rings. The van der Waals surface area contributed by atoms with Crippen LogP contribution in [0.1, 0.15) is 16.8 Å². The zero-order valence-electron chi connectivity index (χ0n) is 11.2. The molecular weight excluding hydrogens is 262 g/mol. The van der Waals surface area contributed by atoms with Crippen LogP contribution in [0, 0.1) is 5.92 Å². The summed E-state index contributed by atoms with van der Waals surface area (Å²) in [6.07, 6.45) is -0.233. The molecule has 5 N–H and O–H groups in total. The van der Waals surface area contributed by atoms with Crippen LogP contribution in [0.2, 0.25) is 0 Å². The van der Waals surface area contributed by atoms with Crippen molar-refractivity contribution in [1.82, 2.24) is 10.3 Å². The first kappa shape index (κ1) is 14.7. The summed E-state index contributed by atoms with van der Waals surface area (Å²) in [5.41, 5.74) is 0.415. The largest absolute Gasteiger partial charge is 0.396 e. The fraction of sp³-hybridized carbons (Fsp3) is 0.538. The van der Waals surface area contributed by atoms with Gasteiger partial charge in [-0.1, -0.05) is 0 Å². The van der Waals surface area contributed by atoms with E-state index in [1.54, 1.807) is 19.2 Å². The van der Waals surface area contributed by atoms with E-state index in [4.69, 9.17) is 5.11 Å². The molecule has 0 radical (unpaired) electrons. The van der Waals surface area contributed by atoms with Crippen LogP contribution >= 0.6 is 0 Å². The minimum absolute atomic E-state index is 0.218. The predicted octanol–water partition coefficient (Wildman–Crippen LogP) is -1.04. The maximum absolute atomic E-state index is 12.1. The van der Waals surface area contributed by atoms with E-state index in [1.165, 1.54) is 6.20 Å². The van der Waals surface area contributed by atoms with Crippen molar-refractivity contribution in [3.8, 4) is 0 Å². The third kappa shape index (κ3) is 2.90. The van der Waals surface area contributed by atoms with Crippen molar-refractivity contribution in [2.24, 2.45) is 5.92 Å². The molecule has 0 bridgehead atoms. The van der Waals surface area contributed by atoms with Gasteiger partial charge in [0.1, 0.15) is 11.9 Å². The molecule has 1 amide bonds. The Labute approximate surface area is 116 Å². The van der Waals surface area contributed by atoms with Gasteiger partial charge in [0.25, 0.3) is 5.91 Å². The smallest absolute Gasteiger partial charge is 0.251 e. The number of rotatable bonds is 4. The van der Waals surface area contributed by atoms with Crippen molar-refractivity contribution in [3.05, 3.63) is 23.9 Å². The van der Waals surface area contributed by atoms with Crippen molar-refractivity contribution in [3.63, 3.8) is 0 Å². The van der Waals surface area contributed by atoms with E-state index in [-0.39, 0.29) is 12.5 Å². The van der Waals surface area contributed by atoms with Gasteiger partial charge >= 0.3 is 0 Å². The highest BCUT2D eigenvalue weighted by Gasteiger charge is 2.41. The zero-order valence-corrected chi connectivity index (χ0v) is 11.2. The normalized spacial score (nSPS) is 29.2. The van der Waals surface area contributed by atoms with Crippen LogP contribution in [0.5, 0.6) is 0 Å². The zero-order chi connectivity index (χ0) is 14.7. The van der Waals surface area contributed by atoms with Crippen LogP contribution in [0.4, 0.5) is 5.82 Å². The second kappa shape index (κ2) is 6.17.